The van der Waals surface area contributed by atoms with Crippen LogP contribution in [0.4, 0.5) is 0 Å². The monoisotopic (exact) mass is 285 g/mol. The van der Waals surface area contributed by atoms with Crippen LogP contribution < -0.4 is 4.72 Å². The van der Waals surface area contributed by atoms with Crippen LogP contribution in [0.5, 0.6) is 0 Å². The molecule has 0 aliphatic carbocycles. The highest BCUT2D eigenvalue weighted by atomic mass is 32.2. The van der Waals surface area contributed by atoms with Crippen LogP contribution in [0.2, 0.25) is 0 Å². The number of sulfonamides is 1. The zero-order valence-corrected chi connectivity index (χ0v) is 12.7. The average Bonchev–Trinajstić information content (AvgIpc) is 2.26. The first kappa shape index (κ1) is 16.1. The zero-order valence-electron chi connectivity index (χ0n) is 11.9. The molecule has 5 heteroatoms. The van der Waals surface area contributed by atoms with Gasteiger partial charge in [0, 0.05) is 13.2 Å². The lowest BCUT2D eigenvalue weighted by Gasteiger charge is -2.13. The second-order valence-corrected chi connectivity index (χ2v) is 6.61. The van der Waals surface area contributed by atoms with E-state index in [0.717, 1.165) is 29.5 Å². The van der Waals surface area contributed by atoms with E-state index >= 15 is 0 Å². The van der Waals surface area contributed by atoms with Gasteiger partial charge in [-0.15, -0.1) is 0 Å². The minimum Gasteiger partial charge on any atom is -0.396 e. The molecule has 0 unspecified atom stereocenters. The van der Waals surface area contributed by atoms with Crippen LogP contribution in [0, 0.1) is 20.8 Å². The van der Waals surface area contributed by atoms with Crippen molar-refractivity contribution < 1.29 is 13.5 Å². The lowest BCUT2D eigenvalue weighted by molar-refractivity contribution is 0.283. The predicted molar refractivity (Wildman–Crippen MR) is 76.8 cm³/mol. The summed E-state index contributed by atoms with van der Waals surface area (Å²) in [7, 11) is -3.44. The summed E-state index contributed by atoms with van der Waals surface area (Å²) in [6, 6.07) is 3.76. The third-order valence-electron chi connectivity index (χ3n) is 3.00. The summed E-state index contributed by atoms with van der Waals surface area (Å²) in [6.07, 6.45) is 2.28. The van der Waals surface area contributed by atoms with Crippen LogP contribution in [0.1, 0.15) is 36.0 Å². The minimum atomic E-state index is -3.44. The summed E-state index contributed by atoms with van der Waals surface area (Å²) in [6.45, 7) is 6.16. The lowest BCUT2D eigenvalue weighted by Crippen LogP contribution is -2.26. The van der Waals surface area contributed by atoms with E-state index in [1.807, 2.05) is 32.9 Å². The molecule has 2 N–H and O–H groups in total. The average molecular weight is 285 g/mol. The van der Waals surface area contributed by atoms with Crippen molar-refractivity contribution in [3.63, 3.8) is 0 Å². The molecule has 1 rings (SSSR count). The van der Waals surface area contributed by atoms with Crippen LogP contribution >= 0.6 is 0 Å². The van der Waals surface area contributed by atoms with Gasteiger partial charge < -0.3 is 5.11 Å². The van der Waals surface area contributed by atoms with Crippen molar-refractivity contribution in [1.29, 1.82) is 0 Å². The van der Waals surface area contributed by atoms with Crippen molar-refractivity contribution in [2.75, 3.05) is 13.2 Å². The molecule has 4 nitrogen and oxygen atoms in total. The third kappa shape index (κ3) is 4.60. The second kappa shape index (κ2) is 7.03. The van der Waals surface area contributed by atoms with Crippen LogP contribution in [-0.2, 0) is 10.0 Å². The molecule has 0 aliphatic rings. The van der Waals surface area contributed by atoms with Gasteiger partial charge in [-0.25, -0.2) is 13.1 Å². The Morgan fingerprint density at radius 2 is 1.63 bits per heavy atom. The maximum absolute atomic E-state index is 12.3. The van der Waals surface area contributed by atoms with Gasteiger partial charge in [-0.2, -0.15) is 0 Å². The molecule has 0 aliphatic heterocycles. The summed E-state index contributed by atoms with van der Waals surface area (Å²) >= 11 is 0. The molecule has 0 saturated carbocycles. The Bertz CT molecular complexity index is 500. The molecule has 0 heterocycles. The number of nitrogens with one attached hydrogen (secondary N) is 1. The maximum atomic E-state index is 12.3. The summed E-state index contributed by atoms with van der Waals surface area (Å²) in [5.74, 6) is 0. The molecule has 0 atom stereocenters. The van der Waals surface area contributed by atoms with Gasteiger partial charge in [0.2, 0.25) is 10.0 Å². The number of aliphatic hydroxyl groups excluding tert-OH is 1. The molecule has 1 aromatic carbocycles. The van der Waals surface area contributed by atoms with Gasteiger partial charge in [-0.1, -0.05) is 17.7 Å². The van der Waals surface area contributed by atoms with E-state index in [1.165, 1.54) is 0 Å². The number of aliphatic hydroxyl groups is 1. The standard InChI is InChI=1S/C14H23NO3S/c1-11-9-12(2)14(13(3)10-11)19(17,18)15-7-5-4-6-8-16/h9-10,15-16H,4-8H2,1-3H3. The Morgan fingerprint density at radius 3 is 2.16 bits per heavy atom. The highest BCUT2D eigenvalue weighted by Gasteiger charge is 2.18. The first-order valence-corrected chi connectivity index (χ1v) is 8.05. The third-order valence-corrected chi connectivity index (χ3v) is 4.77. The number of aryl methyl sites for hydroxylation is 3. The Labute approximate surface area is 115 Å². The van der Waals surface area contributed by atoms with E-state index in [-0.39, 0.29) is 6.61 Å². The van der Waals surface area contributed by atoms with Gasteiger partial charge in [0.05, 0.1) is 4.90 Å². The first-order valence-electron chi connectivity index (χ1n) is 6.57. The second-order valence-electron chi connectivity index (χ2n) is 4.91. The van der Waals surface area contributed by atoms with E-state index < -0.39 is 10.0 Å². The highest BCUT2D eigenvalue weighted by Crippen LogP contribution is 2.21. The fraction of sp³-hybridized carbons (Fsp3) is 0.571. The summed E-state index contributed by atoms with van der Waals surface area (Å²) < 4.78 is 27.1. The van der Waals surface area contributed by atoms with Gasteiger partial charge in [0.1, 0.15) is 0 Å². The summed E-state index contributed by atoms with van der Waals surface area (Å²) in [4.78, 5) is 0.389. The topological polar surface area (TPSA) is 66.4 Å². The van der Waals surface area contributed by atoms with Crippen LogP contribution in [0.3, 0.4) is 0 Å². The Balaban J connectivity index is 2.78. The lowest BCUT2D eigenvalue weighted by atomic mass is 10.1. The summed E-state index contributed by atoms with van der Waals surface area (Å²) in [5.41, 5.74) is 2.62. The molecule has 0 radical (unpaired) electrons. The van der Waals surface area contributed by atoms with Crippen molar-refractivity contribution in [2.24, 2.45) is 0 Å². The van der Waals surface area contributed by atoms with Crippen LogP contribution in [0.15, 0.2) is 17.0 Å². The fourth-order valence-corrected chi connectivity index (χ4v) is 3.81. The quantitative estimate of drug-likeness (QED) is 0.754. The molecular formula is C14H23NO3S. The van der Waals surface area contributed by atoms with E-state index in [2.05, 4.69) is 4.72 Å². The SMILES string of the molecule is Cc1cc(C)c(S(=O)(=O)NCCCCCO)c(C)c1. The molecule has 0 aromatic heterocycles. The molecule has 0 bridgehead atoms. The van der Waals surface area contributed by atoms with Crippen molar-refractivity contribution in [3.8, 4) is 0 Å². The molecule has 19 heavy (non-hydrogen) atoms. The number of benzene rings is 1. The van der Waals surface area contributed by atoms with Crippen molar-refractivity contribution >= 4 is 10.0 Å². The first-order chi connectivity index (χ1) is 8.88. The molecular weight excluding hydrogens is 262 g/mol. The number of hydrogen-bond acceptors (Lipinski definition) is 3. The fourth-order valence-electron chi connectivity index (χ4n) is 2.28. The Morgan fingerprint density at radius 1 is 1.05 bits per heavy atom. The maximum Gasteiger partial charge on any atom is 0.241 e. The molecule has 0 amide bonds. The highest BCUT2D eigenvalue weighted by molar-refractivity contribution is 7.89. The normalized spacial score (nSPS) is 11.8. The van der Waals surface area contributed by atoms with E-state index in [1.54, 1.807) is 0 Å². The van der Waals surface area contributed by atoms with Gasteiger partial charge >= 0.3 is 0 Å². The molecule has 1 aromatic rings. The minimum absolute atomic E-state index is 0.156. The van der Waals surface area contributed by atoms with Crippen molar-refractivity contribution in [1.82, 2.24) is 4.72 Å². The number of unbranched alkanes of at least 4 members (excludes halogenated alkanes) is 2. The van der Waals surface area contributed by atoms with Gasteiger partial charge in [0.25, 0.3) is 0 Å². The number of hydrogen-bond donors (Lipinski definition) is 2. The molecule has 108 valence electrons. The smallest absolute Gasteiger partial charge is 0.241 e. The number of rotatable bonds is 7. The van der Waals surface area contributed by atoms with Crippen molar-refractivity contribution in [2.45, 2.75) is 44.9 Å². The van der Waals surface area contributed by atoms with Gasteiger partial charge in [-0.3, -0.25) is 0 Å². The summed E-state index contributed by atoms with van der Waals surface area (Å²) in [5, 5.41) is 8.66. The van der Waals surface area contributed by atoms with Gasteiger partial charge in [-0.05, 0) is 51.2 Å². The zero-order chi connectivity index (χ0) is 14.5. The van der Waals surface area contributed by atoms with Gasteiger partial charge in [0.15, 0.2) is 0 Å². The predicted octanol–water partition coefficient (Wildman–Crippen LogP) is 2.05. The van der Waals surface area contributed by atoms with Crippen molar-refractivity contribution in [3.05, 3.63) is 28.8 Å². The largest absolute Gasteiger partial charge is 0.396 e. The van der Waals surface area contributed by atoms with Crippen LogP contribution in [0.25, 0.3) is 0 Å². The molecule has 0 fully saturated rings. The molecule has 0 spiro atoms. The molecule has 0 saturated heterocycles. The van der Waals surface area contributed by atoms with Crippen LogP contribution in [-0.4, -0.2) is 26.7 Å². The Kier molecular flexibility index (Phi) is 5.97. The van der Waals surface area contributed by atoms with E-state index in [9.17, 15) is 8.42 Å². The van der Waals surface area contributed by atoms with E-state index in [4.69, 9.17) is 5.11 Å². The Hall–Kier alpha value is -0.910. The van der Waals surface area contributed by atoms with E-state index in [0.29, 0.717) is 17.9 Å².